The predicted molar refractivity (Wildman–Crippen MR) is 90.9 cm³/mol. The largest absolute Gasteiger partial charge is 0.339 e. The molecule has 1 amide bonds. The van der Waals surface area contributed by atoms with Crippen LogP contribution >= 0.6 is 11.6 Å². The van der Waals surface area contributed by atoms with Gasteiger partial charge in [0.1, 0.15) is 6.17 Å². The maximum atomic E-state index is 13.7. The molecule has 23 heavy (non-hydrogen) atoms. The molecule has 1 aromatic carbocycles. The van der Waals surface area contributed by atoms with Crippen molar-refractivity contribution in [2.24, 2.45) is 7.05 Å². The van der Waals surface area contributed by atoms with E-state index in [2.05, 4.69) is 16.9 Å². The number of amides is 1. The van der Waals surface area contributed by atoms with Gasteiger partial charge in [-0.1, -0.05) is 18.2 Å². The van der Waals surface area contributed by atoms with Crippen LogP contribution in [0.5, 0.6) is 0 Å². The number of carbonyl (C=O) groups excluding carboxylic acids is 1. The van der Waals surface area contributed by atoms with Crippen LogP contribution in [0.3, 0.4) is 0 Å². The van der Waals surface area contributed by atoms with E-state index < -0.39 is 6.17 Å². The Morgan fingerprint density at radius 2 is 2.35 bits per heavy atom. The maximum absolute atomic E-state index is 13.7. The van der Waals surface area contributed by atoms with Crippen molar-refractivity contribution in [1.29, 1.82) is 0 Å². The quantitative estimate of drug-likeness (QED) is 0.875. The standard InChI is InChI=1S/C16H18ClFN4O/c1-3-15(23)19-12-8-13-14(7-11(12)17)21(2)16(20-13)22-6-4-5-10(18)9-22/h3,7-8,10H,1,4-6,9H2,2H3,(H,19,23). The number of aryl methyl sites for hydroxylation is 1. The summed E-state index contributed by atoms with van der Waals surface area (Å²) in [6.07, 6.45) is 1.77. The third kappa shape index (κ3) is 3.03. The summed E-state index contributed by atoms with van der Waals surface area (Å²) in [5.41, 5.74) is 2.02. The minimum atomic E-state index is -0.824. The van der Waals surface area contributed by atoms with E-state index in [4.69, 9.17) is 11.6 Å². The monoisotopic (exact) mass is 336 g/mol. The molecule has 122 valence electrons. The first kappa shape index (κ1) is 15.8. The van der Waals surface area contributed by atoms with E-state index in [-0.39, 0.29) is 5.91 Å². The second-order valence-corrected chi connectivity index (χ2v) is 6.08. The molecule has 0 radical (unpaired) electrons. The van der Waals surface area contributed by atoms with Crippen LogP contribution in [0.25, 0.3) is 11.0 Å². The van der Waals surface area contributed by atoms with Gasteiger partial charge in [-0.25, -0.2) is 9.37 Å². The molecule has 7 heteroatoms. The Kier molecular flexibility index (Phi) is 4.26. The summed E-state index contributed by atoms with van der Waals surface area (Å²) < 4.78 is 15.6. The van der Waals surface area contributed by atoms with Crippen LogP contribution < -0.4 is 10.2 Å². The highest BCUT2D eigenvalue weighted by molar-refractivity contribution is 6.34. The number of rotatable bonds is 3. The third-order valence-corrected chi connectivity index (χ3v) is 4.35. The molecule has 2 heterocycles. The lowest BCUT2D eigenvalue weighted by Crippen LogP contribution is -2.37. The van der Waals surface area contributed by atoms with Crippen molar-refractivity contribution in [2.75, 3.05) is 23.3 Å². The van der Waals surface area contributed by atoms with Crippen molar-refractivity contribution in [3.8, 4) is 0 Å². The van der Waals surface area contributed by atoms with Gasteiger partial charge >= 0.3 is 0 Å². The number of carbonyl (C=O) groups is 1. The molecule has 0 aliphatic carbocycles. The maximum Gasteiger partial charge on any atom is 0.247 e. The first-order chi connectivity index (χ1) is 11.0. The van der Waals surface area contributed by atoms with Crippen molar-refractivity contribution in [3.05, 3.63) is 29.8 Å². The molecule has 1 aliphatic rings. The molecule has 1 aliphatic heterocycles. The number of nitrogens with one attached hydrogen (secondary N) is 1. The minimum Gasteiger partial charge on any atom is -0.339 e. The number of nitrogens with zero attached hydrogens (tertiary/aromatic N) is 3. The smallest absolute Gasteiger partial charge is 0.247 e. The van der Waals surface area contributed by atoms with Crippen LogP contribution in [-0.4, -0.2) is 34.7 Å². The molecule has 0 bridgehead atoms. The molecule has 1 saturated heterocycles. The molecular formula is C16H18ClFN4O. The van der Waals surface area contributed by atoms with Crippen LogP contribution in [0, 0.1) is 0 Å². The molecule has 1 atom stereocenters. The zero-order chi connectivity index (χ0) is 16.6. The second kappa shape index (κ2) is 6.20. The normalized spacial score (nSPS) is 18.2. The van der Waals surface area contributed by atoms with Crippen molar-refractivity contribution in [1.82, 2.24) is 9.55 Å². The van der Waals surface area contributed by atoms with Crippen molar-refractivity contribution >= 4 is 40.2 Å². The first-order valence-electron chi connectivity index (χ1n) is 7.48. The van der Waals surface area contributed by atoms with E-state index in [1.807, 2.05) is 16.5 Å². The summed E-state index contributed by atoms with van der Waals surface area (Å²) in [6.45, 7) is 4.55. The first-order valence-corrected chi connectivity index (χ1v) is 7.86. The second-order valence-electron chi connectivity index (χ2n) is 5.67. The highest BCUT2D eigenvalue weighted by atomic mass is 35.5. The van der Waals surface area contributed by atoms with E-state index in [9.17, 15) is 9.18 Å². The molecule has 0 saturated carbocycles. The van der Waals surface area contributed by atoms with Gasteiger partial charge in [0.15, 0.2) is 0 Å². The average Bonchev–Trinajstić information content (AvgIpc) is 2.84. The van der Waals surface area contributed by atoms with Gasteiger partial charge < -0.3 is 14.8 Å². The Morgan fingerprint density at radius 3 is 3.04 bits per heavy atom. The number of hydrogen-bond donors (Lipinski definition) is 1. The molecule has 5 nitrogen and oxygen atoms in total. The highest BCUT2D eigenvalue weighted by Gasteiger charge is 2.23. The topological polar surface area (TPSA) is 50.2 Å². The van der Waals surface area contributed by atoms with Crippen molar-refractivity contribution in [2.45, 2.75) is 19.0 Å². The number of benzene rings is 1. The Balaban J connectivity index is 2.00. The number of halogens is 2. The molecule has 2 aromatic rings. The number of hydrogen-bond acceptors (Lipinski definition) is 3. The fourth-order valence-electron chi connectivity index (χ4n) is 2.87. The molecule has 3 rings (SSSR count). The molecule has 1 fully saturated rings. The fraction of sp³-hybridized carbons (Fsp3) is 0.375. The van der Waals surface area contributed by atoms with Gasteiger partial charge in [0.2, 0.25) is 11.9 Å². The summed E-state index contributed by atoms with van der Waals surface area (Å²) in [5, 5.41) is 3.08. The van der Waals surface area contributed by atoms with E-state index in [0.29, 0.717) is 35.1 Å². The molecule has 1 aromatic heterocycles. The Hall–Kier alpha value is -2.08. The molecule has 1 unspecified atom stereocenters. The van der Waals surface area contributed by atoms with E-state index in [1.54, 1.807) is 12.1 Å². The zero-order valence-corrected chi connectivity index (χ0v) is 13.6. The lowest BCUT2D eigenvalue weighted by atomic mass is 10.1. The van der Waals surface area contributed by atoms with Crippen molar-refractivity contribution in [3.63, 3.8) is 0 Å². The summed E-state index contributed by atoms with van der Waals surface area (Å²) in [5.74, 6) is 0.379. The molecule has 1 N–H and O–H groups in total. The third-order valence-electron chi connectivity index (χ3n) is 4.04. The summed E-state index contributed by atoms with van der Waals surface area (Å²) >= 11 is 6.23. The zero-order valence-electron chi connectivity index (χ0n) is 12.9. The van der Waals surface area contributed by atoms with Gasteiger partial charge in [-0.3, -0.25) is 4.79 Å². The van der Waals surface area contributed by atoms with Gasteiger partial charge in [0.25, 0.3) is 0 Å². The summed E-state index contributed by atoms with van der Waals surface area (Å²) in [4.78, 5) is 18.0. The number of anilines is 2. The molecule has 0 spiro atoms. The Morgan fingerprint density at radius 1 is 1.57 bits per heavy atom. The minimum absolute atomic E-state index is 0.335. The van der Waals surface area contributed by atoms with Gasteiger partial charge in [-0.2, -0.15) is 0 Å². The number of fused-ring (bicyclic) bond motifs is 1. The summed E-state index contributed by atoms with van der Waals surface area (Å²) in [6, 6.07) is 3.47. The number of aromatic nitrogens is 2. The number of piperidine rings is 1. The Labute approximate surface area is 138 Å². The predicted octanol–water partition coefficient (Wildman–Crippen LogP) is 3.29. The highest BCUT2D eigenvalue weighted by Crippen LogP contribution is 2.31. The number of imidazole rings is 1. The fourth-order valence-corrected chi connectivity index (χ4v) is 3.07. The lowest BCUT2D eigenvalue weighted by molar-refractivity contribution is -0.111. The SMILES string of the molecule is C=CC(=O)Nc1cc2nc(N3CCCC(F)C3)n(C)c2cc1Cl. The Bertz CT molecular complexity index is 773. The van der Waals surface area contributed by atoms with Crippen LogP contribution in [0.1, 0.15) is 12.8 Å². The van der Waals surface area contributed by atoms with Gasteiger partial charge in [0, 0.05) is 13.6 Å². The average molecular weight is 337 g/mol. The van der Waals surface area contributed by atoms with E-state index in [1.165, 1.54) is 6.08 Å². The van der Waals surface area contributed by atoms with Gasteiger partial charge in [-0.15, -0.1) is 0 Å². The van der Waals surface area contributed by atoms with Crippen LogP contribution in [-0.2, 0) is 11.8 Å². The van der Waals surface area contributed by atoms with Gasteiger partial charge in [-0.05, 0) is 31.1 Å². The van der Waals surface area contributed by atoms with Crippen LogP contribution in [0.15, 0.2) is 24.8 Å². The molecular weight excluding hydrogens is 319 g/mol. The van der Waals surface area contributed by atoms with E-state index in [0.717, 1.165) is 18.5 Å². The lowest BCUT2D eigenvalue weighted by Gasteiger charge is -2.29. The van der Waals surface area contributed by atoms with Crippen LogP contribution in [0.4, 0.5) is 16.0 Å². The van der Waals surface area contributed by atoms with Crippen molar-refractivity contribution < 1.29 is 9.18 Å². The summed E-state index contributed by atoms with van der Waals surface area (Å²) in [7, 11) is 1.88. The van der Waals surface area contributed by atoms with Gasteiger partial charge in [0.05, 0.1) is 28.3 Å². The number of alkyl halides is 1. The van der Waals surface area contributed by atoms with Crippen LogP contribution in [0.2, 0.25) is 5.02 Å². The van der Waals surface area contributed by atoms with E-state index >= 15 is 0 Å².